The quantitative estimate of drug-likeness (QED) is 0.525. The minimum Gasteiger partial charge on any atom is -0.390 e. The molecular weight excluding hydrogens is 552 g/mol. The largest absolute Gasteiger partial charge is 0.390 e. The van der Waals surface area contributed by atoms with Crippen LogP contribution in [-0.2, 0) is 9.59 Å². The summed E-state index contributed by atoms with van der Waals surface area (Å²) in [4.78, 5) is 46.6. The number of aliphatic hydroxyl groups excluding tert-OH is 1. The number of piperidine rings is 1. The zero-order valence-electron chi connectivity index (χ0n) is 25.2. The number of aliphatic hydroxyl groups is 1. The summed E-state index contributed by atoms with van der Waals surface area (Å²) in [7, 11) is 0. The summed E-state index contributed by atoms with van der Waals surface area (Å²) in [6, 6.07) is 11.6. The molecule has 3 fully saturated rings. The molecule has 0 aliphatic carbocycles. The first-order chi connectivity index (χ1) is 20.0. The number of hydrogen-bond donors (Lipinski definition) is 1. The van der Waals surface area contributed by atoms with Crippen LogP contribution in [0, 0.1) is 38.5 Å². The second-order valence-electron chi connectivity index (χ2n) is 12.5. The van der Waals surface area contributed by atoms with Gasteiger partial charge in [-0.05, 0) is 74.3 Å². The number of amides is 3. The van der Waals surface area contributed by atoms with Gasteiger partial charge in [-0.15, -0.1) is 0 Å². The van der Waals surface area contributed by atoms with Gasteiger partial charge in [-0.25, -0.2) is 0 Å². The Morgan fingerprint density at radius 3 is 2.12 bits per heavy atom. The molecule has 0 spiro atoms. The first-order valence-electron chi connectivity index (χ1n) is 15.1. The van der Waals surface area contributed by atoms with Crippen molar-refractivity contribution in [3.63, 3.8) is 0 Å². The van der Waals surface area contributed by atoms with Gasteiger partial charge in [0.05, 0.1) is 12.6 Å². The molecule has 5 rings (SSSR count). The third kappa shape index (κ3) is 6.51. The van der Waals surface area contributed by atoms with E-state index in [0.29, 0.717) is 55.0 Å². The van der Waals surface area contributed by atoms with E-state index in [4.69, 9.17) is 11.6 Å². The molecule has 1 N–H and O–H groups in total. The van der Waals surface area contributed by atoms with Crippen molar-refractivity contribution in [1.82, 2.24) is 14.7 Å². The van der Waals surface area contributed by atoms with E-state index in [9.17, 15) is 19.5 Å². The number of carbonyl (C=O) groups excluding carboxylic acids is 3. The van der Waals surface area contributed by atoms with E-state index in [0.717, 1.165) is 48.4 Å². The van der Waals surface area contributed by atoms with Crippen molar-refractivity contribution in [1.29, 1.82) is 0 Å². The van der Waals surface area contributed by atoms with Crippen LogP contribution in [0.25, 0.3) is 0 Å². The van der Waals surface area contributed by atoms with Gasteiger partial charge in [0.15, 0.2) is 0 Å². The highest BCUT2D eigenvalue weighted by atomic mass is 35.5. The SMILES string of the molecule is CC(=O)N1CCC(C(=O)N(CC(O)CN2CC3CN(C(=O)c4c(C)cccc4C)CC3C2)c2ccc(C)c(Cl)c2)CC1. The molecule has 0 aromatic heterocycles. The predicted octanol–water partition coefficient (Wildman–Crippen LogP) is 3.92. The lowest BCUT2D eigenvalue weighted by molar-refractivity contribution is -0.133. The van der Waals surface area contributed by atoms with E-state index < -0.39 is 6.10 Å². The van der Waals surface area contributed by atoms with Crippen molar-refractivity contribution in [3.8, 4) is 0 Å². The smallest absolute Gasteiger partial charge is 0.254 e. The average molecular weight is 595 g/mol. The van der Waals surface area contributed by atoms with Crippen LogP contribution in [0.15, 0.2) is 36.4 Å². The van der Waals surface area contributed by atoms with Crippen LogP contribution in [0.5, 0.6) is 0 Å². The highest BCUT2D eigenvalue weighted by molar-refractivity contribution is 6.31. The van der Waals surface area contributed by atoms with Gasteiger partial charge in [0, 0.05) is 74.9 Å². The lowest BCUT2D eigenvalue weighted by atomic mass is 9.94. The van der Waals surface area contributed by atoms with Gasteiger partial charge in [-0.1, -0.05) is 35.9 Å². The molecule has 0 saturated carbocycles. The fraction of sp³-hybridized carbons (Fsp3) is 0.545. The highest BCUT2D eigenvalue weighted by Crippen LogP contribution is 2.33. The van der Waals surface area contributed by atoms with Crippen molar-refractivity contribution in [2.24, 2.45) is 17.8 Å². The topological polar surface area (TPSA) is 84.4 Å². The normalized spacial score (nSPS) is 21.9. The van der Waals surface area contributed by atoms with Crippen molar-refractivity contribution in [2.45, 2.75) is 46.6 Å². The standard InChI is InChI=1S/C33H43ClN4O4/c1-21-8-9-28(14-30(21)34)38(32(41)25-10-12-36(13-11-25)24(4)39)20-29(40)19-35-15-26-17-37(18-27(26)16-35)33(42)31-22(2)6-5-7-23(31)3/h5-9,14,25-27,29,40H,10-13,15-20H2,1-4H3. The minimum atomic E-state index is -0.738. The van der Waals surface area contributed by atoms with Gasteiger partial charge < -0.3 is 19.8 Å². The van der Waals surface area contributed by atoms with Crippen LogP contribution >= 0.6 is 11.6 Å². The van der Waals surface area contributed by atoms with Crippen LogP contribution in [0.2, 0.25) is 5.02 Å². The van der Waals surface area contributed by atoms with Crippen LogP contribution in [0.4, 0.5) is 5.69 Å². The minimum absolute atomic E-state index is 0.0314. The Morgan fingerprint density at radius 1 is 0.929 bits per heavy atom. The van der Waals surface area contributed by atoms with Gasteiger partial charge in [-0.3, -0.25) is 19.3 Å². The van der Waals surface area contributed by atoms with Crippen molar-refractivity contribution >= 4 is 35.0 Å². The molecule has 0 radical (unpaired) electrons. The summed E-state index contributed by atoms with van der Waals surface area (Å²) in [5, 5.41) is 11.8. The predicted molar refractivity (Wildman–Crippen MR) is 165 cm³/mol. The van der Waals surface area contributed by atoms with Crippen LogP contribution < -0.4 is 4.90 Å². The zero-order chi connectivity index (χ0) is 30.1. The number of β-amino-alcohol motifs (C(OH)–C–C–N with tert-alkyl or cyclic N) is 1. The highest BCUT2D eigenvalue weighted by Gasteiger charge is 2.42. The molecule has 3 unspecified atom stereocenters. The van der Waals surface area contributed by atoms with Gasteiger partial charge in [0.2, 0.25) is 11.8 Å². The van der Waals surface area contributed by atoms with E-state index in [1.54, 1.807) is 22.8 Å². The van der Waals surface area contributed by atoms with E-state index >= 15 is 0 Å². The fourth-order valence-electron chi connectivity index (χ4n) is 7.02. The van der Waals surface area contributed by atoms with E-state index in [-0.39, 0.29) is 30.2 Å². The molecule has 3 aliphatic rings. The molecule has 0 bridgehead atoms. The molecule has 2 aromatic carbocycles. The molecule has 3 atom stereocenters. The van der Waals surface area contributed by atoms with Gasteiger partial charge in [0.25, 0.3) is 5.91 Å². The third-order valence-electron chi connectivity index (χ3n) is 9.43. The van der Waals surface area contributed by atoms with Crippen molar-refractivity contribution < 1.29 is 19.5 Å². The molecular formula is C33H43ClN4O4. The number of nitrogens with zero attached hydrogens (tertiary/aromatic N) is 4. The molecule has 3 amide bonds. The second-order valence-corrected chi connectivity index (χ2v) is 12.9. The Kier molecular flexibility index (Phi) is 9.26. The number of aryl methyl sites for hydroxylation is 3. The Bertz CT molecular complexity index is 1310. The summed E-state index contributed by atoms with van der Waals surface area (Å²) in [6.07, 6.45) is 0.479. The van der Waals surface area contributed by atoms with E-state index in [2.05, 4.69) is 4.90 Å². The second kappa shape index (κ2) is 12.7. The first-order valence-corrected chi connectivity index (χ1v) is 15.5. The molecule has 42 heavy (non-hydrogen) atoms. The van der Waals surface area contributed by atoms with E-state index in [1.807, 2.05) is 56.0 Å². The Hall–Kier alpha value is -2.94. The number of anilines is 1. The Labute approximate surface area is 254 Å². The monoisotopic (exact) mass is 594 g/mol. The number of benzene rings is 2. The number of fused-ring (bicyclic) bond motifs is 1. The molecule has 3 heterocycles. The van der Waals surface area contributed by atoms with Crippen LogP contribution in [-0.4, -0.2) is 96.0 Å². The average Bonchev–Trinajstić information content (AvgIpc) is 3.52. The zero-order valence-corrected chi connectivity index (χ0v) is 25.9. The first kappa shape index (κ1) is 30.5. The summed E-state index contributed by atoms with van der Waals surface area (Å²) in [5.74, 6) is 0.671. The summed E-state index contributed by atoms with van der Waals surface area (Å²) < 4.78 is 0. The summed E-state index contributed by atoms with van der Waals surface area (Å²) in [6.45, 7) is 12.4. The number of likely N-dealkylation sites (tertiary alicyclic amines) is 3. The lowest BCUT2D eigenvalue weighted by Crippen LogP contribution is -2.48. The summed E-state index contributed by atoms with van der Waals surface area (Å²) >= 11 is 6.44. The molecule has 3 saturated heterocycles. The maximum atomic E-state index is 13.8. The molecule has 226 valence electrons. The molecule has 3 aliphatic heterocycles. The summed E-state index contributed by atoms with van der Waals surface area (Å²) in [5.41, 5.74) is 4.46. The number of rotatable bonds is 7. The van der Waals surface area contributed by atoms with Gasteiger partial charge in [0.1, 0.15) is 0 Å². The molecule has 9 heteroatoms. The maximum Gasteiger partial charge on any atom is 0.254 e. The Balaban J connectivity index is 1.20. The third-order valence-corrected chi connectivity index (χ3v) is 9.84. The fourth-order valence-corrected chi connectivity index (χ4v) is 7.19. The number of hydrogen-bond acceptors (Lipinski definition) is 5. The maximum absolute atomic E-state index is 13.8. The molecule has 2 aromatic rings. The van der Waals surface area contributed by atoms with Gasteiger partial charge >= 0.3 is 0 Å². The van der Waals surface area contributed by atoms with Crippen molar-refractivity contribution in [2.75, 3.05) is 57.3 Å². The van der Waals surface area contributed by atoms with Crippen LogP contribution in [0.1, 0.15) is 46.8 Å². The molecule has 8 nitrogen and oxygen atoms in total. The van der Waals surface area contributed by atoms with Crippen LogP contribution in [0.3, 0.4) is 0 Å². The Morgan fingerprint density at radius 2 is 1.55 bits per heavy atom. The lowest BCUT2D eigenvalue weighted by Gasteiger charge is -2.35. The number of carbonyl (C=O) groups is 3. The van der Waals surface area contributed by atoms with E-state index in [1.165, 1.54) is 0 Å². The van der Waals surface area contributed by atoms with Gasteiger partial charge in [-0.2, -0.15) is 0 Å². The van der Waals surface area contributed by atoms with Crippen molar-refractivity contribution in [3.05, 3.63) is 63.7 Å². The number of halogens is 1.